The average molecular weight is 444 g/mol. The number of para-hydroxylation sites is 1. The molecule has 0 bridgehead atoms. The fourth-order valence-electron chi connectivity index (χ4n) is 4.08. The van der Waals surface area contributed by atoms with Gasteiger partial charge in [-0.25, -0.2) is 0 Å². The molecule has 1 unspecified atom stereocenters. The third kappa shape index (κ3) is 5.46. The minimum atomic E-state index is -0.176. The molecule has 9 heteroatoms. The van der Waals surface area contributed by atoms with Crippen LogP contribution in [0.5, 0.6) is 0 Å². The van der Waals surface area contributed by atoms with Gasteiger partial charge in [0.25, 0.3) is 0 Å². The van der Waals surface area contributed by atoms with Gasteiger partial charge in [-0.05, 0) is 51.2 Å². The minimum absolute atomic E-state index is 0.0777. The molecular weight excluding hydrogens is 414 g/mol. The van der Waals surface area contributed by atoms with Crippen LogP contribution >= 0.6 is 11.8 Å². The molecule has 31 heavy (non-hydrogen) atoms. The lowest BCUT2D eigenvalue weighted by Gasteiger charge is -2.28. The standard InChI is InChI=1S/C22H29N5O3S/c1-16(28)18-9-3-4-10-19(18)23-20(29)15-31-22-25-24-21(26-11-5-2-6-12-26)27(22)14-17-8-7-13-30-17/h3-4,9-10,17H,2,5-8,11-15H2,1H3,(H,23,29). The van der Waals surface area contributed by atoms with E-state index in [4.69, 9.17) is 4.74 Å². The summed E-state index contributed by atoms with van der Waals surface area (Å²) in [5, 5.41) is 12.4. The van der Waals surface area contributed by atoms with E-state index in [1.54, 1.807) is 24.3 Å². The lowest BCUT2D eigenvalue weighted by atomic mass is 10.1. The summed E-state index contributed by atoms with van der Waals surface area (Å²) in [4.78, 5) is 26.7. The highest BCUT2D eigenvalue weighted by Gasteiger charge is 2.25. The lowest BCUT2D eigenvalue weighted by molar-refractivity contribution is -0.113. The summed E-state index contributed by atoms with van der Waals surface area (Å²) in [5.41, 5.74) is 1.05. The lowest BCUT2D eigenvalue weighted by Crippen LogP contribution is -2.33. The van der Waals surface area contributed by atoms with Gasteiger partial charge in [-0.1, -0.05) is 23.9 Å². The first-order chi connectivity index (χ1) is 15.1. The maximum absolute atomic E-state index is 12.6. The van der Waals surface area contributed by atoms with E-state index in [2.05, 4.69) is 25.0 Å². The van der Waals surface area contributed by atoms with Crippen molar-refractivity contribution >= 4 is 35.1 Å². The van der Waals surface area contributed by atoms with E-state index in [-0.39, 0.29) is 23.5 Å². The predicted octanol–water partition coefficient (Wildman–Crippen LogP) is 3.38. The zero-order valence-electron chi connectivity index (χ0n) is 17.9. The fraction of sp³-hybridized carbons (Fsp3) is 0.545. The number of Topliss-reactive ketones (excluding diaryl/α,β-unsaturated/α-hetero) is 1. The average Bonchev–Trinajstić information content (AvgIpc) is 3.43. The second-order valence-corrected chi connectivity index (χ2v) is 8.96. The summed E-state index contributed by atoms with van der Waals surface area (Å²) in [5.74, 6) is 0.812. The Morgan fingerprint density at radius 2 is 1.97 bits per heavy atom. The molecule has 2 saturated heterocycles. The second-order valence-electron chi connectivity index (χ2n) is 8.01. The second kappa shape index (κ2) is 10.3. The van der Waals surface area contributed by atoms with Crippen molar-refractivity contribution in [2.75, 3.05) is 35.7 Å². The number of aromatic nitrogens is 3. The van der Waals surface area contributed by atoms with E-state index < -0.39 is 0 Å². The minimum Gasteiger partial charge on any atom is -0.376 e. The van der Waals surface area contributed by atoms with Gasteiger partial charge in [-0.2, -0.15) is 0 Å². The third-order valence-corrected chi connectivity index (χ3v) is 6.63. The number of rotatable bonds is 8. The number of piperidine rings is 1. The van der Waals surface area contributed by atoms with Crippen LogP contribution in [-0.2, 0) is 16.1 Å². The monoisotopic (exact) mass is 443 g/mol. The van der Waals surface area contributed by atoms with Crippen LogP contribution in [0.2, 0.25) is 0 Å². The van der Waals surface area contributed by atoms with E-state index in [9.17, 15) is 9.59 Å². The maximum atomic E-state index is 12.6. The summed E-state index contributed by atoms with van der Waals surface area (Å²) in [6.07, 6.45) is 5.84. The van der Waals surface area contributed by atoms with Gasteiger partial charge in [0.05, 0.1) is 24.1 Å². The summed E-state index contributed by atoms with van der Waals surface area (Å²) >= 11 is 1.37. The van der Waals surface area contributed by atoms with Crippen molar-refractivity contribution in [3.8, 4) is 0 Å². The molecule has 2 aromatic rings. The van der Waals surface area contributed by atoms with Crippen molar-refractivity contribution in [2.24, 2.45) is 0 Å². The number of nitrogens with zero attached hydrogens (tertiary/aromatic N) is 4. The first kappa shape index (κ1) is 21.8. The van der Waals surface area contributed by atoms with Crippen LogP contribution < -0.4 is 10.2 Å². The van der Waals surface area contributed by atoms with Crippen LogP contribution in [0.25, 0.3) is 0 Å². The van der Waals surface area contributed by atoms with Gasteiger partial charge in [0.1, 0.15) is 0 Å². The summed E-state index contributed by atoms with van der Waals surface area (Å²) < 4.78 is 7.96. The summed E-state index contributed by atoms with van der Waals surface area (Å²) in [7, 11) is 0. The first-order valence-electron chi connectivity index (χ1n) is 10.9. The number of ketones is 1. The first-order valence-corrected chi connectivity index (χ1v) is 11.9. The summed E-state index contributed by atoms with van der Waals surface area (Å²) in [6.45, 7) is 4.96. The highest BCUT2D eigenvalue weighted by molar-refractivity contribution is 7.99. The molecule has 1 aromatic heterocycles. The van der Waals surface area contributed by atoms with Crippen molar-refractivity contribution in [2.45, 2.75) is 56.8 Å². The Hall–Kier alpha value is -2.39. The third-order valence-electron chi connectivity index (χ3n) is 5.66. The highest BCUT2D eigenvalue weighted by atomic mass is 32.2. The van der Waals surface area contributed by atoms with Crippen LogP contribution in [0, 0.1) is 0 Å². The number of thioether (sulfide) groups is 1. The van der Waals surface area contributed by atoms with Crippen molar-refractivity contribution in [3.05, 3.63) is 29.8 Å². The number of nitrogens with one attached hydrogen (secondary N) is 1. The molecule has 0 radical (unpaired) electrons. The molecule has 3 heterocycles. The van der Waals surface area contributed by atoms with E-state index in [1.165, 1.54) is 25.1 Å². The summed E-state index contributed by atoms with van der Waals surface area (Å²) in [6, 6.07) is 7.05. The predicted molar refractivity (Wildman–Crippen MR) is 121 cm³/mol. The number of anilines is 2. The molecule has 4 rings (SSSR count). The topological polar surface area (TPSA) is 89.4 Å². The molecule has 166 valence electrons. The Bertz CT molecular complexity index is 920. The number of ether oxygens (including phenoxy) is 1. The molecule has 0 saturated carbocycles. The number of benzene rings is 1. The van der Waals surface area contributed by atoms with Gasteiger partial charge in [-0.15, -0.1) is 10.2 Å². The van der Waals surface area contributed by atoms with E-state index in [0.717, 1.165) is 56.5 Å². The normalized spacial score (nSPS) is 18.9. The van der Waals surface area contributed by atoms with Crippen LogP contribution in [0.4, 0.5) is 11.6 Å². The Labute approximate surface area is 186 Å². The number of hydrogen-bond donors (Lipinski definition) is 1. The Balaban J connectivity index is 1.45. The molecule has 2 aliphatic rings. The molecular formula is C22H29N5O3S. The van der Waals surface area contributed by atoms with Gasteiger partial charge in [-0.3, -0.25) is 14.2 Å². The van der Waals surface area contributed by atoms with Crippen molar-refractivity contribution in [1.82, 2.24) is 14.8 Å². The Morgan fingerprint density at radius 3 is 2.71 bits per heavy atom. The molecule has 2 fully saturated rings. The van der Waals surface area contributed by atoms with E-state index in [1.807, 2.05) is 0 Å². The molecule has 0 spiro atoms. The number of carbonyl (C=O) groups excluding carboxylic acids is 2. The fourth-order valence-corrected chi connectivity index (χ4v) is 4.83. The van der Waals surface area contributed by atoms with Crippen molar-refractivity contribution < 1.29 is 14.3 Å². The van der Waals surface area contributed by atoms with Crippen molar-refractivity contribution in [1.29, 1.82) is 0 Å². The molecule has 1 aromatic carbocycles. The van der Waals surface area contributed by atoms with Gasteiger partial charge in [0.2, 0.25) is 11.9 Å². The van der Waals surface area contributed by atoms with Gasteiger partial charge in [0, 0.05) is 25.3 Å². The molecule has 0 aliphatic carbocycles. The van der Waals surface area contributed by atoms with Crippen LogP contribution in [0.3, 0.4) is 0 Å². The SMILES string of the molecule is CC(=O)c1ccccc1NC(=O)CSc1nnc(N2CCCCC2)n1CC1CCCO1. The molecule has 1 amide bonds. The molecule has 1 N–H and O–H groups in total. The smallest absolute Gasteiger partial charge is 0.234 e. The van der Waals surface area contributed by atoms with Gasteiger partial charge in [0.15, 0.2) is 10.9 Å². The number of hydrogen-bond acceptors (Lipinski definition) is 7. The Morgan fingerprint density at radius 1 is 1.16 bits per heavy atom. The van der Waals surface area contributed by atoms with Gasteiger partial charge >= 0.3 is 0 Å². The maximum Gasteiger partial charge on any atom is 0.234 e. The van der Waals surface area contributed by atoms with Crippen LogP contribution in [0.1, 0.15) is 49.4 Å². The van der Waals surface area contributed by atoms with E-state index in [0.29, 0.717) is 17.8 Å². The molecule has 2 aliphatic heterocycles. The number of amides is 1. The Kier molecular flexibility index (Phi) is 7.24. The largest absolute Gasteiger partial charge is 0.376 e. The number of carbonyl (C=O) groups is 2. The van der Waals surface area contributed by atoms with Crippen molar-refractivity contribution in [3.63, 3.8) is 0 Å². The quantitative estimate of drug-likeness (QED) is 0.494. The van der Waals surface area contributed by atoms with Crippen LogP contribution in [-0.4, -0.2) is 58.0 Å². The van der Waals surface area contributed by atoms with Crippen LogP contribution in [0.15, 0.2) is 29.4 Å². The molecule has 1 atom stereocenters. The molecule has 8 nitrogen and oxygen atoms in total. The zero-order valence-corrected chi connectivity index (χ0v) is 18.7. The van der Waals surface area contributed by atoms with E-state index >= 15 is 0 Å². The zero-order chi connectivity index (χ0) is 21.6. The van der Waals surface area contributed by atoms with Gasteiger partial charge < -0.3 is 15.0 Å². The highest BCUT2D eigenvalue weighted by Crippen LogP contribution is 2.27.